The number of pyridine rings is 1. The van der Waals surface area contributed by atoms with Gasteiger partial charge >= 0.3 is 0 Å². The minimum atomic E-state index is 0.647. The van der Waals surface area contributed by atoms with Crippen LogP contribution < -0.4 is 16.7 Å². The quantitative estimate of drug-likeness (QED) is 0.481. The molecule has 0 saturated carbocycles. The van der Waals surface area contributed by atoms with Gasteiger partial charge in [-0.15, -0.1) is 0 Å². The molecule has 15 heavy (non-hydrogen) atoms. The van der Waals surface area contributed by atoms with Gasteiger partial charge in [0.05, 0.1) is 13.2 Å². The number of hydrogen-bond donors (Lipinski definition) is 3. The lowest BCUT2D eigenvalue weighted by molar-refractivity contribution is 0.0495. The van der Waals surface area contributed by atoms with Gasteiger partial charge in [0.1, 0.15) is 11.6 Å². The Balaban J connectivity index is 1.96. The first-order valence-corrected chi connectivity index (χ1v) is 4.91. The van der Waals surface area contributed by atoms with E-state index in [2.05, 4.69) is 20.8 Å². The summed E-state index contributed by atoms with van der Waals surface area (Å²) >= 11 is 0. The summed E-state index contributed by atoms with van der Waals surface area (Å²) in [6, 6.07) is 5.60. The lowest BCUT2D eigenvalue weighted by atomic mass is 10.4. The molecule has 0 radical (unpaired) electrons. The predicted molar refractivity (Wildman–Crippen MR) is 58.1 cm³/mol. The van der Waals surface area contributed by atoms with Crippen molar-refractivity contribution in [3.05, 3.63) is 18.2 Å². The maximum absolute atomic E-state index is 5.28. The van der Waals surface area contributed by atoms with Crippen molar-refractivity contribution in [3.63, 3.8) is 0 Å². The molecule has 0 bridgehead atoms. The largest absolute Gasteiger partial charge is 0.379 e. The summed E-state index contributed by atoms with van der Waals surface area (Å²) in [6.45, 7) is 3.23. The zero-order valence-electron chi connectivity index (χ0n) is 8.44. The zero-order chi connectivity index (χ0) is 10.5. The minimum absolute atomic E-state index is 0.647. The monoisotopic (exact) mass is 209 g/mol. The van der Waals surface area contributed by atoms with Crippen LogP contribution in [0.3, 0.4) is 0 Å². The summed E-state index contributed by atoms with van der Waals surface area (Å²) < 4.78 is 5.25. The van der Waals surface area contributed by atoms with Gasteiger partial charge in [-0.05, 0) is 12.1 Å². The summed E-state index contributed by atoms with van der Waals surface area (Å²) in [5, 5.41) is 2.08. The van der Waals surface area contributed by atoms with E-state index >= 15 is 0 Å². The number of hydrogen-bond acceptors (Lipinski definition) is 6. The maximum Gasteiger partial charge on any atom is 0.142 e. The van der Waals surface area contributed by atoms with Crippen LogP contribution in [0.15, 0.2) is 18.2 Å². The van der Waals surface area contributed by atoms with Crippen molar-refractivity contribution in [2.45, 2.75) is 0 Å². The third kappa shape index (κ3) is 2.79. The Morgan fingerprint density at radius 2 is 2.00 bits per heavy atom. The van der Waals surface area contributed by atoms with E-state index in [9.17, 15) is 0 Å². The van der Waals surface area contributed by atoms with Gasteiger partial charge in [-0.1, -0.05) is 6.07 Å². The molecule has 1 aliphatic rings. The van der Waals surface area contributed by atoms with Crippen LogP contribution in [0.25, 0.3) is 0 Å². The Hall–Kier alpha value is -1.37. The summed E-state index contributed by atoms with van der Waals surface area (Å²) in [5.74, 6) is 6.71. The fourth-order valence-corrected chi connectivity index (χ4v) is 1.41. The fraction of sp³-hybridized carbons (Fsp3) is 0.444. The van der Waals surface area contributed by atoms with Crippen molar-refractivity contribution in [2.75, 3.05) is 37.2 Å². The number of rotatable bonds is 3. The first-order chi connectivity index (χ1) is 7.38. The normalized spacial score (nSPS) is 17.4. The molecule has 2 rings (SSSR count). The number of nitrogen functional groups attached to an aromatic ring is 1. The second-order valence-corrected chi connectivity index (χ2v) is 3.26. The molecule has 0 atom stereocenters. The van der Waals surface area contributed by atoms with Gasteiger partial charge in [-0.3, -0.25) is 0 Å². The fourth-order valence-electron chi connectivity index (χ4n) is 1.41. The third-order valence-electron chi connectivity index (χ3n) is 2.18. The highest BCUT2D eigenvalue weighted by Crippen LogP contribution is 2.09. The molecule has 1 fully saturated rings. The van der Waals surface area contributed by atoms with Gasteiger partial charge in [-0.25, -0.2) is 15.8 Å². The molecule has 1 aromatic rings. The minimum Gasteiger partial charge on any atom is -0.379 e. The third-order valence-corrected chi connectivity index (χ3v) is 2.18. The van der Waals surface area contributed by atoms with Crippen molar-refractivity contribution in [3.8, 4) is 0 Å². The standard InChI is InChI=1S/C9H15N5O/c10-12-8-2-1-3-9(11-8)13-14-4-6-15-7-5-14/h1-3H,4-7,10H2,(H2,11,12,13). The topological polar surface area (TPSA) is 75.4 Å². The molecule has 2 heterocycles. The van der Waals surface area contributed by atoms with Crippen LogP contribution in [0.2, 0.25) is 0 Å². The average Bonchev–Trinajstić information content (AvgIpc) is 2.31. The van der Waals surface area contributed by atoms with Gasteiger partial charge in [0, 0.05) is 13.1 Å². The van der Waals surface area contributed by atoms with Crippen LogP contribution >= 0.6 is 0 Å². The molecule has 6 heteroatoms. The molecular formula is C9H15N5O. The van der Waals surface area contributed by atoms with Gasteiger partial charge in [0.2, 0.25) is 0 Å². The highest BCUT2D eigenvalue weighted by Gasteiger charge is 2.10. The van der Waals surface area contributed by atoms with Crippen molar-refractivity contribution in [1.82, 2.24) is 9.99 Å². The second-order valence-electron chi connectivity index (χ2n) is 3.26. The van der Waals surface area contributed by atoms with Crippen LogP contribution in [-0.4, -0.2) is 36.3 Å². The van der Waals surface area contributed by atoms with Gasteiger partial charge < -0.3 is 15.6 Å². The SMILES string of the molecule is NNc1cccc(NN2CCOCC2)n1. The van der Waals surface area contributed by atoms with E-state index in [1.165, 1.54) is 0 Å². The molecule has 0 unspecified atom stereocenters. The van der Waals surface area contributed by atoms with Crippen LogP contribution in [-0.2, 0) is 4.74 Å². The van der Waals surface area contributed by atoms with E-state index in [0.29, 0.717) is 5.82 Å². The molecule has 6 nitrogen and oxygen atoms in total. The second kappa shape index (κ2) is 4.92. The van der Waals surface area contributed by atoms with Crippen molar-refractivity contribution in [1.29, 1.82) is 0 Å². The molecule has 82 valence electrons. The van der Waals surface area contributed by atoms with Crippen molar-refractivity contribution in [2.24, 2.45) is 5.84 Å². The Kier molecular flexibility index (Phi) is 3.33. The van der Waals surface area contributed by atoms with Crippen LogP contribution in [0, 0.1) is 0 Å². The van der Waals surface area contributed by atoms with E-state index in [1.54, 1.807) is 0 Å². The van der Waals surface area contributed by atoms with E-state index in [0.717, 1.165) is 32.1 Å². The van der Waals surface area contributed by atoms with Crippen molar-refractivity contribution < 1.29 is 4.74 Å². The van der Waals surface area contributed by atoms with Gasteiger partial charge in [0.15, 0.2) is 0 Å². The molecular weight excluding hydrogens is 194 g/mol. The molecule has 0 spiro atoms. The van der Waals surface area contributed by atoms with Crippen molar-refractivity contribution >= 4 is 11.6 Å². The number of nitrogens with two attached hydrogens (primary N) is 1. The van der Waals surface area contributed by atoms with E-state index in [-0.39, 0.29) is 0 Å². The Labute approximate surface area is 88.4 Å². The first-order valence-electron chi connectivity index (χ1n) is 4.91. The first kappa shape index (κ1) is 10.2. The summed E-state index contributed by atoms with van der Waals surface area (Å²) in [4.78, 5) is 4.26. The van der Waals surface area contributed by atoms with Gasteiger partial charge in [-0.2, -0.15) is 0 Å². The van der Waals surface area contributed by atoms with E-state index in [1.807, 2.05) is 18.2 Å². The van der Waals surface area contributed by atoms with Crippen LogP contribution in [0.1, 0.15) is 0 Å². The number of aromatic nitrogens is 1. The van der Waals surface area contributed by atoms with Gasteiger partial charge in [0.25, 0.3) is 0 Å². The van der Waals surface area contributed by atoms with E-state index in [4.69, 9.17) is 10.6 Å². The molecule has 4 N–H and O–H groups in total. The van der Waals surface area contributed by atoms with Crippen LogP contribution in [0.5, 0.6) is 0 Å². The average molecular weight is 209 g/mol. The predicted octanol–water partition coefficient (Wildman–Crippen LogP) is 0.0263. The van der Waals surface area contributed by atoms with E-state index < -0.39 is 0 Å². The highest BCUT2D eigenvalue weighted by molar-refractivity contribution is 5.43. The number of anilines is 2. The smallest absolute Gasteiger partial charge is 0.142 e. The highest BCUT2D eigenvalue weighted by atomic mass is 16.5. The number of nitrogens with one attached hydrogen (secondary N) is 2. The number of ether oxygens (including phenoxy) is 1. The zero-order valence-corrected chi connectivity index (χ0v) is 8.44. The Morgan fingerprint density at radius 3 is 2.73 bits per heavy atom. The maximum atomic E-state index is 5.28. The molecule has 1 aliphatic heterocycles. The van der Waals surface area contributed by atoms with Crippen LogP contribution in [0.4, 0.5) is 11.6 Å². The molecule has 0 aliphatic carbocycles. The molecule has 1 saturated heterocycles. The lowest BCUT2D eigenvalue weighted by Crippen LogP contribution is -2.40. The lowest BCUT2D eigenvalue weighted by Gasteiger charge is -2.27. The summed E-state index contributed by atoms with van der Waals surface area (Å²) in [6.07, 6.45) is 0. The Bertz CT molecular complexity index is 313. The molecule has 0 amide bonds. The number of hydrazine groups is 2. The summed E-state index contributed by atoms with van der Waals surface area (Å²) in [7, 11) is 0. The summed E-state index contributed by atoms with van der Waals surface area (Å²) in [5.41, 5.74) is 5.71. The molecule has 1 aromatic heterocycles. The number of morpholine rings is 1. The molecule has 0 aromatic carbocycles. The number of nitrogens with zero attached hydrogens (tertiary/aromatic N) is 2. The Morgan fingerprint density at radius 1 is 1.27 bits per heavy atom.